The minimum absolute atomic E-state index is 0.0157. The number of carbonyl (C=O) groups excluding carboxylic acids is 1. The Labute approximate surface area is 165 Å². The van der Waals surface area contributed by atoms with Crippen LogP contribution in [0.25, 0.3) is 0 Å². The van der Waals surface area contributed by atoms with E-state index in [1.165, 1.54) is 12.8 Å². The van der Waals surface area contributed by atoms with E-state index in [4.69, 9.17) is 4.74 Å². The molecule has 0 atom stereocenters. The molecule has 0 aromatic rings. The van der Waals surface area contributed by atoms with Crippen molar-refractivity contribution in [3.05, 3.63) is 12.7 Å². The van der Waals surface area contributed by atoms with Crippen LogP contribution in [-0.2, 0) is 9.53 Å². The van der Waals surface area contributed by atoms with Gasteiger partial charge in [-0.3, -0.25) is 9.69 Å². The third kappa shape index (κ3) is 11.0. The smallest absolute Gasteiger partial charge is 0.243 e. The molecule has 0 radical (unpaired) electrons. The normalized spacial score (nSPS) is 15.4. The lowest BCUT2D eigenvalue weighted by Crippen LogP contribution is -2.42. The number of ether oxygens (including phenoxy) is 1. The minimum atomic E-state index is 0.0157. The van der Waals surface area contributed by atoms with Crippen molar-refractivity contribution in [3.8, 4) is 0 Å². The Balaban J connectivity index is 2.41. The summed E-state index contributed by atoms with van der Waals surface area (Å²) in [6.07, 6.45) is 7.56. The molecule has 0 bridgehead atoms. The van der Waals surface area contributed by atoms with Crippen LogP contribution in [0.1, 0.15) is 32.1 Å². The van der Waals surface area contributed by atoms with E-state index in [0.29, 0.717) is 0 Å². The number of allylic oxidation sites excluding steroid dienone is 1. The predicted octanol–water partition coefficient (Wildman–Crippen LogP) is 1.42. The highest BCUT2D eigenvalue weighted by atomic mass is 16.5. The number of amides is 1. The van der Waals surface area contributed by atoms with E-state index < -0.39 is 0 Å². The summed E-state index contributed by atoms with van der Waals surface area (Å²) >= 11 is 0. The van der Waals surface area contributed by atoms with Crippen LogP contribution < -0.4 is 5.32 Å². The summed E-state index contributed by atoms with van der Waals surface area (Å²) in [5.41, 5.74) is 0. The van der Waals surface area contributed by atoms with Gasteiger partial charge in [0.05, 0.1) is 13.2 Å². The van der Waals surface area contributed by atoms with Crippen molar-refractivity contribution in [2.75, 3.05) is 73.6 Å². The molecular formula is C20H39N5O2. The highest BCUT2D eigenvalue weighted by Crippen LogP contribution is 2.02. The van der Waals surface area contributed by atoms with Gasteiger partial charge in [0.25, 0.3) is 0 Å². The molecule has 1 fully saturated rings. The van der Waals surface area contributed by atoms with Crippen molar-refractivity contribution in [1.82, 2.24) is 20.0 Å². The summed E-state index contributed by atoms with van der Waals surface area (Å²) in [4.78, 5) is 22.6. The summed E-state index contributed by atoms with van der Waals surface area (Å²) in [7, 11) is 5.56. The number of nitrogens with zero attached hydrogens (tertiary/aromatic N) is 4. The first kappa shape index (κ1) is 23.4. The zero-order valence-corrected chi connectivity index (χ0v) is 17.6. The summed E-state index contributed by atoms with van der Waals surface area (Å²) in [6, 6.07) is 0. The average molecular weight is 382 g/mol. The fraction of sp³-hybridized carbons (Fsp3) is 0.800. The number of rotatable bonds is 12. The van der Waals surface area contributed by atoms with Gasteiger partial charge in [-0.25, -0.2) is 4.99 Å². The number of hydrogen-bond acceptors (Lipinski definition) is 4. The average Bonchev–Trinajstić information content (AvgIpc) is 2.67. The molecule has 1 rings (SSSR count). The van der Waals surface area contributed by atoms with E-state index in [1.54, 1.807) is 19.0 Å². The second kappa shape index (κ2) is 14.5. The summed E-state index contributed by atoms with van der Waals surface area (Å²) in [5, 5.41) is 3.44. The van der Waals surface area contributed by atoms with Crippen molar-refractivity contribution in [3.63, 3.8) is 0 Å². The number of unbranched alkanes of at least 4 members (excludes halogenated alkanes) is 3. The molecule has 7 nitrogen and oxygen atoms in total. The topological polar surface area (TPSA) is 60.4 Å². The minimum Gasteiger partial charge on any atom is -0.379 e. The van der Waals surface area contributed by atoms with Crippen LogP contribution in [0.3, 0.4) is 0 Å². The van der Waals surface area contributed by atoms with E-state index >= 15 is 0 Å². The van der Waals surface area contributed by atoms with E-state index in [9.17, 15) is 4.79 Å². The Bertz CT molecular complexity index is 448. The molecule has 0 aromatic carbocycles. The zero-order valence-electron chi connectivity index (χ0n) is 17.6. The van der Waals surface area contributed by atoms with Crippen LogP contribution in [0.5, 0.6) is 0 Å². The lowest BCUT2D eigenvalue weighted by atomic mass is 10.2. The number of morpholine rings is 1. The van der Waals surface area contributed by atoms with Gasteiger partial charge in [0.1, 0.15) is 6.54 Å². The molecule has 1 saturated heterocycles. The molecule has 0 spiro atoms. The molecule has 0 aromatic heterocycles. The summed E-state index contributed by atoms with van der Waals surface area (Å²) < 4.78 is 5.39. The second-order valence-electron chi connectivity index (χ2n) is 7.22. The molecule has 1 N–H and O–H groups in total. The molecule has 1 aliphatic rings. The zero-order chi connectivity index (χ0) is 19.9. The lowest BCUT2D eigenvalue weighted by Gasteiger charge is -2.27. The molecule has 1 heterocycles. The van der Waals surface area contributed by atoms with Crippen molar-refractivity contribution in [2.24, 2.45) is 4.99 Å². The highest BCUT2D eigenvalue weighted by molar-refractivity contribution is 5.84. The van der Waals surface area contributed by atoms with Crippen LogP contribution >= 0.6 is 0 Å². The largest absolute Gasteiger partial charge is 0.379 e. The maximum Gasteiger partial charge on any atom is 0.243 e. The maximum atomic E-state index is 11.9. The Morgan fingerprint density at radius 2 is 1.93 bits per heavy atom. The number of carbonyl (C=O) groups is 1. The third-order valence-corrected chi connectivity index (χ3v) is 4.66. The second-order valence-corrected chi connectivity index (χ2v) is 7.22. The van der Waals surface area contributed by atoms with Gasteiger partial charge in [0.2, 0.25) is 5.91 Å². The van der Waals surface area contributed by atoms with Gasteiger partial charge in [-0.2, -0.15) is 0 Å². The quantitative estimate of drug-likeness (QED) is 0.240. The molecule has 156 valence electrons. The SMILES string of the molecule is C=CCCCCCN(C)C(=NCC(=O)N(C)C)NCCCN1CCOCC1. The van der Waals surface area contributed by atoms with Crippen LogP contribution in [0, 0.1) is 0 Å². The standard InChI is InChI=1S/C20H39N5O2/c1-5-6-7-8-9-12-24(4)20(22-18-19(26)23(2)3)21-11-10-13-25-14-16-27-17-15-25/h5H,1,6-18H2,2-4H3,(H,21,22). The Morgan fingerprint density at radius 1 is 1.19 bits per heavy atom. The van der Waals surface area contributed by atoms with Crippen molar-refractivity contribution >= 4 is 11.9 Å². The van der Waals surface area contributed by atoms with Gasteiger partial charge in [0.15, 0.2) is 5.96 Å². The van der Waals surface area contributed by atoms with Crippen LogP contribution in [-0.4, -0.2) is 100 Å². The fourth-order valence-corrected chi connectivity index (χ4v) is 2.84. The predicted molar refractivity (Wildman–Crippen MR) is 112 cm³/mol. The number of aliphatic imine (C=N–C) groups is 1. The van der Waals surface area contributed by atoms with Gasteiger partial charge >= 0.3 is 0 Å². The van der Waals surface area contributed by atoms with E-state index in [-0.39, 0.29) is 12.5 Å². The van der Waals surface area contributed by atoms with Crippen LogP contribution in [0.15, 0.2) is 17.6 Å². The highest BCUT2D eigenvalue weighted by Gasteiger charge is 2.11. The molecule has 1 aliphatic heterocycles. The molecule has 1 amide bonds. The van der Waals surface area contributed by atoms with Gasteiger partial charge in [-0.1, -0.05) is 12.5 Å². The van der Waals surface area contributed by atoms with E-state index in [1.807, 2.05) is 13.1 Å². The molecule has 0 saturated carbocycles. The number of hydrogen-bond donors (Lipinski definition) is 1. The van der Waals surface area contributed by atoms with Gasteiger partial charge in [-0.05, 0) is 32.2 Å². The lowest BCUT2D eigenvalue weighted by molar-refractivity contribution is -0.127. The Kier molecular flexibility index (Phi) is 12.6. The van der Waals surface area contributed by atoms with E-state index in [0.717, 1.165) is 71.2 Å². The van der Waals surface area contributed by atoms with Gasteiger partial charge < -0.3 is 19.9 Å². The van der Waals surface area contributed by atoms with Crippen molar-refractivity contribution in [2.45, 2.75) is 32.1 Å². The molecule has 0 unspecified atom stereocenters. The first-order valence-electron chi connectivity index (χ1n) is 10.1. The summed E-state index contributed by atoms with van der Waals surface area (Å²) in [5.74, 6) is 0.831. The van der Waals surface area contributed by atoms with Crippen LogP contribution in [0.4, 0.5) is 0 Å². The monoisotopic (exact) mass is 381 g/mol. The summed E-state index contributed by atoms with van der Waals surface area (Å²) in [6.45, 7) is 10.5. The first-order chi connectivity index (χ1) is 13.0. The van der Waals surface area contributed by atoms with Gasteiger partial charge in [0, 0.05) is 47.3 Å². The molecule has 7 heteroatoms. The van der Waals surface area contributed by atoms with Crippen molar-refractivity contribution < 1.29 is 9.53 Å². The Morgan fingerprint density at radius 3 is 2.59 bits per heavy atom. The van der Waals surface area contributed by atoms with E-state index in [2.05, 4.69) is 26.7 Å². The number of nitrogens with one attached hydrogen (secondary N) is 1. The number of guanidine groups is 1. The third-order valence-electron chi connectivity index (χ3n) is 4.66. The number of likely N-dealkylation sites (N-methyl/N-ethyl adjacent to an activating group) is 1. The first-order valence-corrected chi connectivity index (χ1v) is 10.1. The van der Waals surface area contributed by atoms with Crippen molar-refractivity contribution in [1.29, 1.82) is 0 Å². The van der Waals surface area contributed by atoms with Crippen LogP contribution in [0.2, 0.25) is 0 Å². The molecule has 27 heavy (non-hydrogen) atoms. The Hall–Kier alpha value is -1.60. The van der Waals surface area contributed by atoms with Gasteiger partial charge in [-0.15, -0.1) is 6.58 Å². The molecule has 0 aliphatic carbocycles. The molecular weight excluding hydrogens is 342 g/mol. The fourth-order valence-electron chi connectivity index (χ4n) is 2.84. The maximum absolute atomic E-state index is 11.9.